The van der Waals surface area contributed by atoms with Crippen LogP contribution >= 0.6 is 0 Å². The number of rotatable bonds is 6. The van der Waals surface area contributed by atoms with Gasteiger partial charge in [-0.25, -0.2) is 13.1 Å². The van der Waals surface area contributed by atoms with Crippen molar-refractivity contribution in [1.82, 2.24) is 14.5 Å². The van der Waals surface area contributed by atoms with E-state index in [9.17, 15) is 18.3 Å². The summed E-state index contributed by atoms with van der Waals surface area (Å²) in [5.41, 5.74) is 0.301. The highest BCUT2D eigenvalue weighted by molar-refractivity contribution is 7.89. The minimum atomic E-state index is -3.75. The maximum Gasteiger partial charge on any atom is 0.254 e. The van der Waals surface area contributed by atoms with Crippen molar-refractivity contribution in [3.63, 3.8) is 0 Å². The fourth-order valence-corrected chi connectivity index (χ4v) is 4.09. The Bertz CT molecular complexity index is 751. The van der Waals surface area contributed by atoms with Crippen molar-refractivity contribution in [1.29, 1.82) is 0 Å². The van der Waals surface area contributed by atoms with Crippen LogP contribution in [0, 0.1) is 0 Å². The second-order valence-electron chi connectivity index (χ2n) is 6.53. The second kappa shape index (κ2) is 8.34. The van der Waals surface area contributed by atoms with Gasteiger partial charge in [0.05, 0.1) is 13.2 Å². The quantitative estimate of drug-likeness (QED) is 0.722. The van der Waals surface area contributed by atoms with Crippen molar-refractivity contribution in [3.05, 3.63) is 23.8 Å². The number of β-amino-alcohol motifs (C(OH)–C–C–N with tert-alkyl or cyclic N) is 1. The lowest BCUT2D eigenvalue weighted by atomic mass is 10.1. The first kappa shape index (κ1) is 20.6. The Hall–Kier alpha value is -1.68. The van der Waals surface area contributed by atoms with E-state index in [2.05, 4.69) is 9.62 Å². The van der Waals surface area contributed by atoms with Crippen LogP contribution in [0.4, 0.5) is 0 Å². The maximum atomic E-state index is 12.9. The van der Waals surface area contributed by atoms with E-state index < -0.39 is 16.1 Å². The molecule has 0 bridgehead atoms. The average Bonchev–Trinajstić information content (AvgIpc) is 2.60. The molecule has 0 saturated carbocycles. The highest BCUT2D eigenvalue weighted by Gasteiger charge is 2.29. The van der Waals surface area contributed by atoms with Gasteiger partial charge in [0.25, 0.3) is 5.91 Å². The normalized spacial score (nSPS) is 20.0. The Morgan fingerprint density at radius 3 is 2.65 bits per heavy atom. The zero-order chi connectivity index (χ0) is 19.5. The molecule has 0 aromatic heterocycles. The fraction of sp³-hybridized carbons (Fsp3) is 0.588. The van der Waals surface area contributed by atoms with E-state index >= 15 is 0 Å². The summed E-state index contributed by atoms with van der Waals surface area (Å²) in [4.78, 5) is 16.7. The molecule has 0 unspecified atom stereocenters. The van der Waals surface area contributed by atoms with E-state index in [-0.39, 0.29) is 22.6 Å². The third-order valence-electron chi connectivity index (χ3n) is 4.46. The topological polar surface area (TPSA) is 99.2 Å². The molecule has 0 aliphatic carbocycles. The molecule has 1 saturated heterocycles. The zero-order valence-electron chi connectivity index (χ0n) is 15.6. The first-order valence-electron chi connectivity index (χ1n) is 8.52. The third kappa shape index (κ3) is 4.53. The van der Waals surface area contributed by atoms with Crippen LogP contribution in [0.25, 0.3) is 0 Å². The number of amides is 1. The lowest BCUT2D eigenvalue weighted by molar-refractivity contribution is 0.0383. The predicted octanol–water partition coefficient (Wildman–Crippen LogP) is 0.130. The molecule has 2 atom stereocenters. The molecule has 26 heavy (non-hydrogen) atoms. The number of nitrogens with one attached hydrogen (secondary N) is 1. The molecule has 1 fully saturated rings. The number of hydrogen-bond donors (Lipinski definition) is 2. The van der Waals surface area contributed by atoms with Crippen LogP contribution < -0.4 is 9.46 Å². The number of aliphatic hydroxyl groups is 1. The predicted molar refractivity (Wildman–Crippen MR) is 97.9 cm³/mol. The highest BCUT2D eigenvalue weighted by Crippen LogP contribution is 2.26. The molecular weight excluding hydrogens is 358 g/mol. The van der Waals surface area contributed by atoms with E-state index in [0.717, 1.165) is 0 Å². The summed E-state index contributed by atoms with van der Waals surface area (Å²) < 4.78 is 31.7. The monoisotopic (exact) mass is 385 g/mol. The molecule has 2 N–H and O–H groups in total. The Morgan fingerprint density at radius 1 is 1.42 bits per heavy atom. The summed E-state index contributed by atoms with van der Waals surface area (Å²) in [6, 6.07) is 4.37. The number of piperazine rings is 1. The molecule has 9 heteroatoms. The number of benzene rings is 1. The minimum absolute atomic E-state index is 0.0403. The summed E-state index contributed by atoms with van der Waals surface area (Å²) in [5.74, 6) is -0.0323. The molecule has 1 heterocycles. The van der Waals surface area contributed by atoms with Gasteiger partial charge < -0.3 is 14.7 Å². The zero-order valence-corrected chi connectivity index (χ0v) is 16.4. The smallest absolute Gasteiger partial charge is 0.254 e. The Labute approximate surface area is 154 Å². The molecule has 1 aliphatic rings. The SMILES string of the molecule is CNS(=O)(=O)c1cc(C(=O)N2CCN(C[C@H](C)O)C[C@H]2C)ccc1OC. The van der Waals surface area contributed by atoms with Crippen molar-refractivity contribution >= 4 is 15.9 Å². The van der Waals surface area contributed by atoms with Gasteiger partial charge in [0, 0.05) is 37.8 Å². The van der Waals surface area contributed by atoms with Crippen LogP contribution in [0.2, 0.25) is 0 Å². The van der Waals surface area contributed by atoms with Gasteiger partial charge in [0.15, 0.2) is 0 Å². The molecule has 146 valence electrons. The Morgan fingerprint density at radius 2 is 2.12 bits per heavy atom. The van der Waals surface area contributed by atoms with Crippen LogP contribution in [0.1, 0.15) is 24.2 Å². The molecule has 0 spiro atoms. The molecule has 2 rings (SSSR count). The Balaban J connectivity index is 2.24. The van der Waals surface area contributed by atoms with Gasteiger partial charge >= 0.3 is 0 Å². The van der Waals surface area contributed by atoms with E-state index in [1.54, 1.807) is 17.9 Å². The molecule has 1 amide bonds. The number of sulfonamides is 1. The number of ether oxygens (including phenoxy) is 1. The van der Waals surface area contributed by atoms with Gasteiger partial charge in [0.2, 0.25) is 10.0 Å². The third-order valence-corrected chi connectivity index (χ3v) is 5.90. The molecule has 1 aliphatic heterocycles. The van der Waals surface area contributed by atoms with E-state index in [1.807, 2.05) is 6.92 Å². The molecule has 8 nitrogen and oxygen atoms in total. The first-order chi connectivity index (χ1) is 12.2. The number of methoxy groups -OCH3 is 1. The van der Waals surface area contributed by atoms with Crippen molar-refractivity contribution in [2.75, 3.05) is 40.3 Å². The lowest BCUT2D eigenvalue weighted by Crippen LogP contribution is -2.55. The summed E-state index contributed by atoms with van der Waals surface area (Å²) in [7, 11) is -1.05. The van der Waals surface area contributed by atoms with Crippen LogP contribution in [0.3, 0.4) is 0 Å². The molecule has 0 radical (unpaired) electrons. The van der Waals surface area contributed by atoms with Gasteiger partial charge in [-0.05, 0) is 39.1 Å². The Kier molecular flexibility index (Phi) is 6.62. The number of carbonyl (C=O) groups excluding carboxylic acids is 1. The van der Waals surface area contributed by atoms with Crippen LogP contribution in [0.15, 0.2) is 23.1 Å². The number of hydrogen-bond acceptors (Lipinski definition) is 6. The average molecular weight is 385 g/mol. The van der Waals surface area contributed by atoms with Gasteiger partial charge in [-0.1, -0.05) is 0 Å². The summed E-state index contributed by atoms with van der Waals surface area (Å²) in [6.07, 6.45) is -0.416. The summed E-state index contributed by atoms with van der Waals surface area (Å²) in [6.45, 7) is 6.10. The van der Waals surface area contributed by atoms with E-state index in [0.29, 0.717) is 31.7 Å². The molecule has 1 aromatic carbocycles. The number of aliphatic hydroxyl groups excluding tert-OH is 1. The fourth-order valence-electron chi connectivity index (χ4n) is 3.17. The first-order valence-corrected chi connectivity index (χ1v) is 10.0. The van der Waals surface area contributed by atoms with Crippen molar-refractivity contribution in [3.8, 4) is 5.75 Å². The van der Waals surface area contributed by atoms with Gasteiger partial charge in [-0.2, -0.15) is 0 Å². The number of nitrogens with zero attached hydrogens (tertiary/aromatic N) is 2. The van der Waals surface area contributed by atoms with Gasteiger partial charge in [-0.15, -0.1) is 0 Å². The second-order valence-corrected chi connectivity index (χ2v) is 8.38. The minimum Gasteiger partial charge on any atom is -0.495 e. The maximum absolute atomic E-state index is 12.9. The summed E-state index contributed by atoms with van der Waals surface area (Å²) in [5, 5.41) is 9.53. The van der Waals surface area contributed by atoms with Crippen molar-refractivity contribution < 1.29 is 23.1 Å². The van der Waals surface area contributed by atoms with Crippen LogP contribution in [-0.4, -0.2) is 81.7 Å². The highest BCUT2D eigenvalue weighted by atomic mass is 32.2. The van der Waals surface area contributed by atoms with Crippen LogP contribution in [-0.2, 0) is 10.0 Å². The van der Waals surface area contributed by atoms with Gasteiger partial charge in [0.1, 0.15) is 10.6 Å². The largest absolute Gasteiger partial charge is 0.495 e. The summed E-state index contributed by atoms with van der Waals surface area (Å²) >= 11 is 0. The van der Waals surface area contributed by atoms with E-state index in [1.165, 1.54) is 26.3 Å². The van der Waals surface area contributed by atoms with Crippen LogP contribution in [0.5, 0.6) is 5.75 Å². The van der Waals surface area contributed by atoms with E-state index in [4.69, 9.17) is 4.74 Å². The van der Waals surface area contributed by atoms with Crippen molar-refractivity contribution in [2.24, 2.45) is 0 Å². The molecule has 1 aromatic rings. The van der Waals surface area contributed by atoms with Gasteiger partial charge in [-0.3, -0.25) is 9.69 Å². The lowest BCUT2D eigenvalue weighted by Gasteiger charge is -2.40. The molecular formula is C17H27N3O5S. The standard InChI is InChI=1S/C17H27N3O5S/c1-12-10-19(11-13(2)21)7-8-20(12)17(22)14-5-6-15(25-4)16(9-14)26(23,24)18-3/h5-6,9,12-13,18,21H,7-8,10-11H2,1-4H3/t12-,13+/m1/s1. The van der Waals surface area contributed by atoms with Crippen molar-refractivity contribution in [2.45, 2.75) is 30.9 Å². The number of carbonyl (C=O) groups is 1.